The minimum atomic E-state index is -1.17. The molecule has 7 heteroatoms. The minimum Gasteiger partial charge on any atom is -0.478 e. The molecule has 0 fully saturated rings. The average Bonchev–Trinajstić information content (AvgIpc) is 2.85. The molecule has 2 rings (SSSR count). The van der Waals surface area contributed by atoms with Gasteiger partial charge in [0.15, 0.2) is 5.13 Å². The number of rotatable bonds is 4. The molecule has 1 heterocycles. The van der Waals surface area contributed by atoms with E-state index < -0.39 is 11.9 Å². The lowest BCUT2D eigenvalue weighted by Gasteiger charge is -1.97. The van der Waals surface area contributed by atoms with Crippen molar-refractivity contribution in [2.24, 2.45) is 0 Å². The zero-order valence-electron chi connectivity index (χ0n) is 10.0. The molecule has 20 heavy (non-hydrogen) atoms. The van der Waals surface area contributed by atoms with Gasteiger partial charge in [0.05, 0.1) is 5.69 Å². The van der Waals surface area contributed by atoms with Gasteiger partial charge in [-0.05, 0) is 12.1 Å². The molecule has 2 N–H and O–H groups in total. The van der Waals surface area contributed by atoms with Crippen LogP contribution < -0.4 is 5.32 Å². The van der Waals surface area contributed by atoms with E-state index in [0.717, 1.165) is 27.9 Å². The zero-order valence-corrected chi connectivity index (χ0v) is 12.4. The van der Waals surface area contributed by atoms with Crippen molar-refractivity contribution in [3.8, 4) is 11.3 Å². The number of benzene rings is 1. The maximum atomic E-state index is 11.4. The lowest BCUT2D eigenvalue weighted by Crippen LogP contribution is -2.08. The molecule has 1 amide bonds. The Morgan fingerprint density at radius 2 is 1.95 bits per heavy atom. The number of hydrogen-bond acceptors (Lipinski definition) is 4. The number of aliphatic carboxylic acids is 1. The smallest absolute Gasteiger partial charge is 0.328 e. The molecule has 0 atom stereocenters. The van der Waals surface area contributed by atoms with Crippen molar-refractivity contribution in [1.82, 2.24) is 4.98 Å². The van der Waals surface area contributed by atoms with Crippen LogP contribution in [0.15, 0.2) is 46.3 Å². The standard InChI is InChI=1S/C13H9BrN2O3S/c14-9-3-1-8(2-4-9)10-7-20-13(15-10)16-11(17)5-6-12(18)19/h1-7H,(H,18,19)(H,15,16,17). The number of carboxylic acids is 1. The normalized spacial score (nSPS) is 10.7. The molecule has 0 saturated heterocycles. The molecule has 0 unspecified atom stereocenters. The third-order valence-electron chi connectivity index (χ3n) is 2.25. The molecule has 0 bridgehead atoms. The molecule has 2 aromatic rings. The van der Waals surface area contributed by atoms with Gasteiger partial charge in [0.1, 0.15) is 0 Å². The molecule has 0 saturated carbocycles. The lowest BCUT2D eigenvalue weighted by atomic mass is 10.2. The van der Waals surface area contributed by atoms with Crippen LogP contribution in [-0.2, 0) is 9.59 Å². The van der Waals surface area contributed by atoms with Gasteiger partial charge < -0.3 is 5.11 Å². The SMILES string of the molecule is O=C(O)C=CC(=O)Nc1nc(-c2ccc(Br)cc2)cs1. The Morgan fingerprint density at radius 3 is 2.60 bits per heavy atom. The third-order valence-corrected chi connectivity index (χ3v) is 3.54. The van der Waals surface area contributed by atoms with E-state index >= 15 is 0 Å². The van der Waals surface area contributed by atoms with E-state index in [1.54, 1.807) is 0 Å². The fourth-order valence-corrected chi connectivity index (χ4v) is 2.37. The van der Waals surface area contributed by atoms with Gasteiger partial charge in [-0.1, -0.05) is 28.1 Å². The second-order valence-corrected chi connectivity index (χ2v) is 5.48. The van der Waals surface area contributed by atoms with Gasteiger partial charge in [-0.2, -0.15) is 0 Å². The zero-order chi connectivity index (χ0) is 14.5. The van der Waals surface area contributed by atoms with Crippen molar-refractivity contribution < 1.29 is 14.7 Å². The van der Waals surface area contributed by atoms with Gasteiger partial charge >= 0.3 is 5.97 Å². The Balaban J connectivity index is 2.07. The van der Waals surface area contributed by atoms with Crippen molar-refractivity contribution in [1.29, 1.82) is 0 Å². The van der Waals surface area contributed by atoms with Gasteiger partial charge in [0.25, 0.3) is 0 Å². The topological polar surface area (TPSA) is 79.3 Å². The van der Waals surface area contributed by atoms with Gasteiger partial charge in [-0.15, -0.1) is 11.3 Å². The summed E-state index contributed by atoms with van der Waals surface area (Å²) in [5.74, 6) is -1.70. The summed E-state index contributed by atoms with van der Waals surface area (Å²) in [6, 6.07) is 7.63. The fourth-order valence-electron chi connectivity index (χ4n) is 1.38. The molecule has 0 aliphatic heterocycles. The van der Waals surface area contributed by atoms with E-state index in [-0.39, 0.29) is 0 Å². The van der Waals surface area contributed by atoms with Crippen LogP contribution in [0.4, 0.5) is 5.13 Å². The van der Waals surface area contributed by atoms with Crippen LogP contribution >= 0.6 is 27.3 Å². The molecule has 5 nitrogen and oxygen atoms in total. The molecule has 1 aromatic carbocycles. The first kappa shape index (κ1) is 14.4. The molecule has 0 aliphatic rings. The lowest BCUT2D eigenvalue weighted by molar-refractivity contribution is -0.131. The first-order chi connectivity index (χ1) is 9.54. The number of nitrogens with one attached hydrogen (secondary N) is 1. The van der Waals surface area contributed by atoms with E-state index in [9.17, 15) is 9.59 Å². The summed E-state index contributed by atoms with van der Waals surface area (Å²) >= 11 is 4.63. The quantitative estimate of drug-likeness (QED) is 0.828. The number of hydrogen-bond donors (Lipinski definition) is 2. The number of carboxylic acid groups (broad SMARTS) is 1. The summed E-state index contributed by atoms with van der Waals surface area (Å²) in [6.07, 6.45) is 1.72. The van der Waals surface area contributed by atoms with Crippen molar-refractivity contribution in [2.75, 3.05) is 5.32 Å². The Labute approximate surface area is 127 Å². The highest BCUT2D eigenvalue weighted by atomic mass is 79.9. The van der Waals surface area contributed by atoms with E-state index in [2.05, 4.69) is 26.2 Å². The summed E-state index contributed by atoms with van der Waals surface area (Å²) in [6.45, 7) is 0. The number of carbonyl (C=O) groups is 2. The van der Waals surface area contributed by atoms with Crippen molar-refractivity contribution in [3.05, 3.63) is 46.3 Å². The van der Waals surface area contributed by atoms with E-state index in [4.69, 9.17) is 5.11 Å². The number of nitrogens with zero attached hydrogens (tertiary/aromatic N) is 1. The highest BCUT2D eigenvalue weighted by Crippen LogP contribution is 2.25. The van der Waals surface area contributed by atoms with Crippen LogP contribution in [0.25, 0.3) is 11.3 Å². The summed E-state index contributed by atoms with van der Waals surface area (Å²) in [4.78, 5) is 26.0. The van der Waals surface area contributed by atoms with Gasteiger partial charge in [0, 0.05) is 27.6 Å². The van der Waals surface area contributed by atoms with E-state index in [1.165, 1.54) is 11.3 Å². The number of anilines is 1. The van der Waals surface area contributed by atoms with Gasteiger partial charge in [-0.25, -0.2) is 9.78 Å². The largest absolute Gasteiger partial charge is 0.478 e. The van der Waals surface area contributed by atoms with Crippen LogP contribution in [0, 0.1) is 0 Å². The van der Waals surface area contributed by atoms with Gasteiger partial charge in [-0.3, -0.25) is 10.1 Å². The molecule has 102 valence electrons. The van der Waals surface area contributed by atoms with Crippen LogP contribution in [0.1, 0.15) is 0 Å². The van der Waals surface area contributed by atoms with Crippen LogP contribution in [0.2, 0.25) is 0 Å². The second-order valence-electron chi connectivity index (χ2n) is 3.71. The predicted octanol–water partition coefficient (Wildman–Crippen LogP) is 3.15. The Bertz CT molecular complexity index is 665. The van der Waals surface area contributed by atoms with Crippen LogP contribution in [-0.4, -0.2) is 22.0 Å². The van der Waals surface area contributed by atoms with Crippen LogP contribution in [0.3, 0.4) is 0 Å². The summed E-state index contributed by atoms with van der Waals surface area (Å²) in [5, 5.41) is 13.2. The third kappa shape index (κ3) is 4.01. The van der Waals surface area contributed by atoms with E-state index in [0.29, 0.717) is 5.13 Å². The number of aromatic nitrogens is 1. The molecule has 0 aliphatic carbocycles. The Morgan fingerprint density at radius 1 is 1.25 bits per heavy atom. The maximum absolute atomic E-state index is 11.4. The van der Waals surface area contributed by atoms with Crippen molar-refractivity contribution in [3.63, 3.8) is 0 Å². The summed E-state index contributed by atoms with van der Waals surface area (Å²) < 4.78 is 0.976. The molecule has 0 radical (unpaired) electrons. The first-order valence-electron chi connectivity index (χ1n) is 5.48. The molecular formula is C13H9BrN2O3S. The number of halogens is 1. The molecule has 1 aromatic heterocycles. The second kappa shape index (κ2) is 6.44. The maximum Gasteiger partial charge on any atom is 0.328 e. The average molecular weight is 353 g/mol. The Hall–Kier alpha value is -1.99. The Kier molecular flexibility index (Phi) is 4.65. The van der Waals surface area contributed by atoms with E-state index in [1.807, 2.05) is 29.6 Å². The highest BCUT2D eigenvalue weighted by molar-refractivity contribution is 9.10. The number of carbonyl (C=O) groups excluding carboxylic acids is 1. The molecule has 0 spiro atoms. The van der Waals surface area contributed by atoms with Crippen LogP contribution in [0.5, 0.6) is 0 Å². The number of thiazole rings is 1. The predicted molar refractivity (Wildman–Crippen MR) is 80.7 cm³/mol. The minimum absolute atomic E-state index is 0.419. The number of amides is 1. The van der Waals surface area contributed by atoms with Crippen molar-refractivity contribution >= 4 is 44.3 Å². The highest BCUT2D eigenvalue weighted by Gasteiger charge is 2.06. The summed E-state index contributed by atoms with van der Waals surface area (Å²) in [7, 11) is 0. The first-order valence-corrected chi connectivity index (χ1v) is 7.15. The summed E-state index contributed by atoms with van der Waals surface area (Å²) in [5.41, 5.74) is 1.69. The monoisotopic (exact) mass is 352 g/mol. The molecular weight excluding hydrogens is 344 g/mol. The van der Waals surface area contributed by atoms with Crippen molar-refractivity contribution in [2.45, 2.75) is 0 Å². The van der Waals surface area contributed by atoms with Gasteiger partial charge in [0.2, 0.25) is 5.91 Å². The fraction of sp³-hybridized carbons (Fsp3) is 0.